The molecule has 1 amide bonds. The van der Waals surface area contributed by atoms with Gasteiger partial charge in [-0.2, -0.15) is 31.4 Å². The Labute approximate surface area is 253 Å². The predicted molar refractivity (Wildman–Crippen MR) is 156 cm³/mol. The zero-order valence-electron chi connectivity index (χ0n) is 23.9. The number of amides is 1. The van der Waals surface area contributed by atoms with Crippen molar-refractivity contribution in [3.63, 3.8) is 0 Å². The van der Waals surface area contributed by atoms with Gasteiger partial charge in [0.15, 0.2) is 0 Å². The molecule has 0 aliphatic rings. The topological polar surface area (TPSA) is 84.7 Å². The van der Waals surface area contributed by atoms with Crippen molar-refractivity contribution in [1.29, 1.82) is 0 Å². The number of aromatic nitrogens is 4. The maximum Gasteiger partial charge on any atom is 0.416 e. The van der Waals surface area contributed by atoms with Crippen LogP contribution in [-0.4, -0.2) is 31.8 Å². The van der Waals surface area contributed by atoms with E-state index in [1.807, 2.05) is 24.3 Å². The van der Waals surface area contributed by atoms with Crippen LogP contribution in [0.4, 0.5) is 26.3 Å². The fourth-order valence-corrected chi connectivity index (χ4v) is 5.13. The number of hydrogen-bond acceptors (Lipinski definition) is 3. The van der Waals surface area contributed by atoms with E-state index in [-0.39, 0.29) is 62.3 Å². The molecule has 2 aromatic heterocycles. The van der Waals surface area contributed by atoms with Crippen LogP contribution in [-0.2, 0) is 49.5 Å². The smallest absolute Gasteiger partial charge is 0.361 e. The molecular formula is C32H29F6N5O2. The first-order valence-electron chi connectivity index (χ1n) is 14.2. The molecule has 2 heterocycles. The number of H-pyrrole nitrogens is 1. The number of aryl methyl sites for hydroxylation is 3. The number of hydrogen-bond donors (Lipinski definition) is 2. The van der Waals surface area contributed by atoms with Gasteiger partial charge in [-0.05, 0) is 53.8 Å². The van der Waals surface area contributed by atoms with Crippen molar-refractivity contribution >= 4 is 16.8 Å². The van der Waals surface area contributed by atoms with E-state index >= 15 is 0 Å². The average molecular weight is 630 g/mol. The summed E-state index contributed by atoms with van der Waals surface area (Å²) in [7, 11) is 0. The fourth-order valence-electron chi connectivity index (χ4n) is 5.13. The van der Waals surface area contributed by atoms with Gasteiger partial charge in [0.2, 0.25) is 5.91 Å². The number of nitrogens with zero attached hydrogens (tertiary/aromatic N) is 3. The second-order valence-corrected chi connectivity index (χ2v) is 10.6. The molecule has 0 saturated carbocycles. The summed E-state index contributed by atoms with van der Waals surface area (Å²) in [4.78, 5) is 29.0. The molecule has 45 heavy (non-hydrogen) atoms. The van der Waals surface area contributed by atoms with Crippen LogP contribution < -0.4 is 11.0 Å². The van der Waals surface area contributed by atoms with Crippen molar-refractivity contribution in [3.8, 4) is 0 Å². The number of carbonyl (C=O) groups is 1. The van der Waals surface area contributed by atoms with Crippen LogP contribution in [0.25, 0.3) is 10.9 Å². The Morgan fingerprint density at radius 2 is 1.51 bits per heavy atom. The van der Waals surface area contributed by atoms with Gasteiger partial charge in [0.05, 0.1) is 24.1 Å². The van der Waals surface area contributed by atoms with Gasteiger partial charge in [0, 0.05) is 36.6 Å². The molecular weight excluding hydrogens is 600 g/mol. The van der Waals surface area contributed by atoms with Gasteiger partial charge in [-0.3, -0.25) is 9.36 Å². The van der Waals surface area contributed by atoms with Crippen LogP contribution in [0.3, 0.4) is 0 Å². The molecule has 0 saturated heterocycles. The van der Waals surface area contributed by atoms with Crippen LogP contribution in [0.2, 0.25) is 0 Å². The second kappa shape index (κ2) is 13.0. The van der Waals surface area contributed by atoms with Crippen molar-refractivity contribution < 1.29 is 31.1 Å². The molecule has 0 aliphatic heterocycles. The third-order valence-corrected chi connectivity index (χ3v) is 7.36. The van der Waals surface area contributed by atoms with Crippen molar-refractivity contribution in [2.45, 2.75) is 51.1 Å². The summed E-state index contributed by atoms with van der Waals surface area (Å²) in [6.07, 6.45) is -7.88. The molecule has 5 aromatic rings. The molecule has 0 aliphatic carbocycles. The first-order chi connectivity index (χ1) is 21.4. The number of alkyl halides is 6. The number of benzene rings is 3. The van der Waals surface area contributed by atoms with Gasteiger partial charge in [0.25, 0.3) is 0 Å². The molecule has 0 unspecified atom stereocenters. The van der Waals surface area contributed by atoms with Gasteiger partial charge in [-0.15, -0.1) is 0 Å². The van der Waals surface area contributed by atoms with E-state index in [0.29, 0.717) is 18.6 Å². The van der Waals surface area contributed by atoms with E-state index in [1.54, 1.807) is 36.5 Å². The molecule has 7 nitrogen and oxygen atoms in total. The number of rotatable bonds is 11. The Morgan fingerprint density at radius 3 is 2.20 bits per heavy atom. The summed E-state index contributed by atoms with van der Waals surface area (Å²) in [5.74, 6) is 0.0277. The first-order valence-corrected chi connectivity index (χ1v) is 14.2. The molecule has 3 aromatic carbocycles. The molecule has 0 radical (unpaired) electrons. The van der Waals surface area contributed by atoms with Gasteiger partial charge in [-0.1, -0.05) is 48.5 Å². The summed E-state index contributed by atoms with van der Waals surface area (Å²) in [5, 5.41) is 8.17. The van der Waals surface area contributed by atoms with Crippen LogP contribution in [0, 0.1) is 0 Å². The molecule has 5 rings (SSSR count). The molecule has 0 atom stereocenters. The number of aromatic amines is 1. The van der Waals surface area contributed by atoms with E-state index in [1.165, 1.54) is 9.25 Å². The molecule has 0 fully saturated rings. The normalized spacial score (nSPS) is 12.1. The lowest BCUT2D eigenvalue weighted by atomic mass is 10.0. The van der Waals surface area contributed by atoms with E-state index in [4.69, 9.17) is 0 Å². The minimum Gasteiger partial charge on any atom is -0.361 e. The fraction of sp³-hybridized carbons (Fsp3) is 0.281. The zero-order valence-corrected chi connectivity index (χ0v) is 23.9. The highest BCUT2D eigenvalue weighted by Crippen LogP contribution is 2.36. The molecule has 13 heteroatoms. The summed E-state index contributed by atoms with van der Waals surface area (Å²) in [6, 6.07) is 18.0. The minimum atomic E-state index is -4.96. The molecule has 236 valence electrons. The summed E-state index contributed by atoms with van der Waals surface area (Å²) < 4.78 is 82.7. The number of fused-ring (bicyclic) bond motifs is 1. The number of nitrogens with one attached hydrogen (secondary N) is 2. The summed E-state index contributed by atoms with van der Waals surface area (Å²) in [5.41, 5.74) is -0.898. The van der Waals surface area contributed by atoms with Crippen LogP contribution in [0.1, 0.15) is 40.1 Å². The SMILES string of the molecule is O=C(Cc1c[nH]c2ccccc12)NCCCn1nc(CCc2cc(C(F)(F)F)cc(C(F)(F)F)c2)n(Cc2ccccc2)c1=O. The van der Waals surface area contributed by atoms with Crippen LogP contribution in [0.5, 0.6) is 0 Å². The molecule has 2 N–H and O–H groups in total. The average Bonchev–Trinajstić information content (AvgIpc) is 3.54. The van der Waals surface area contributed by atoms with E-state index in [9.17, 15) is 35.9 Å². The third kappa shape index (κ3) is 7.83. The lowest BCUT2D eigenvalue weighted by molar-refractivity contribution is -0.143. The van der Waals surface area contributed by atoms with E-state index in [2.05, 4.69) is 15.4 Å². The van der Waals surface area contributed by atoms with Gasteiger partial charge >= 0.3 is 18.0 Å². The quantitative estimate of drug-likeness (QED) is 0.136. The maximum atomic E-state index is 13.4. The van der Waals surface area contributed by atoms with Crippen LogP contribution >= 0.6 is 0 Å². The highest BCUT2D eigenvalue weighted by molar-refractivity contribution is 5.88. The third-order valence-electron chi connectivity index (χ3n) is 7.36. The monoisotopic (exact) mass is 629 g/mol. The van der Waals surface area contributed by atoms with E-state index < -0.39 is 29.2 Å². The zero-order chi connectivity index (χ0) is 32.2. The summed E-state index contributed by atoms with van der Waals surface area (Å²) in [6.45, 7) is 0.522. The maximum absolute atomic E-state index is 13.4. The van der Waals surface area contributed by atoms with Crippen molar-refractivity contribution in [2.24, 2.45) is 0 Å². The van der Waals surface area contributed by atoms with Crippen LogP contribution in [0.15, 0.2) is 83.8 Å². The van der Waals surface area contributed by atoms with Gasteiger partial charge in [-0.25, -0.2) is 9.48 Å². The summed E-state index contributed by atoms with van der Waals surface area (Å²) >= 11 is 0. The standard InChI is InChI=1S/C32H29F6N5O2/c33-31(34,35)24-15-22(16-25(18-24)32(36,37)38)11-12-28-41-43(30(45)42(28)20-21-7-2-1-3-8-21)14-6-13-39-29(44)17-23-19-40-27-10-5-4-9-26(23)27/h1-5,7-10,15-16,18-19,40H,6,11-14,17,20H2,(H,39,44). The van der Waals surface area contributed by atoms with Crippen molar-refractivity contribution in [3.05, 3.63) is 123 Å². The Morgan fingerprint density at radius 1 is 0.844 bits per heavy atom. The lowest BCUT2D eigenvalue weighted by Gasteiger charge is -2.14. The van der Waals surface area contributed by atoms with Gasteiger partial charge < -0.3 is 10.3 Å². The Kier molecular flexibility index (Phi) is 9.16. The van der Waals surface area contributed by atoms with E-state index in [0.717, 1.165) is 22.0 Å². The second-order valence-electron chi connectivity index (χ2n) is 10.6. The number of carbonyl (C=O) groups excluding carboxylic acids is 1. The number of para-hydroxylation sites is 1. The first kappa shape index (κ1) is 31.6. The Bertz CT molecular complexity index is 1800. The highest BCUT2D eigenvalue weighted by atomic mass is 19.4. The lowest BCUT2D eigenvalue weighted by Crippen LogP contribution is -2.29. The Balaban J connectivity index is 1.28. The predicted octanol–water partition coefficient (Wildman–Crippen LogP) is 6.15. The number of halogens is 6. The van der Waals surface area contributed by atoms with Gasteiger partial charge in [0.1, 0.15) is 5.82 Å². The Hall–Kier alpha value is -4.81. The highest BCUT2D eigenvalue weighted by Gasteiger charge is 2.36. The molecule has 0 spiro atoms. The van der Waals surface area contributed by atoms with Crippen molar-refractivity contribution in [2.75, 3.05) is 6.54 Å². The molecule has 0 bridgehead atoms. The van der Waals surface area contributed by atoms with Crippen molar-refractivity contribution in [1.82, 2.24) is 24.6 Å². The minimum absolute atomic E-state index is 0.0744. The largest absolute Gasteiger partial charge is 0.416 e.